The molecule has 1 aromatic carbocycles. The number of amides is 2. The van der Waals surface area contributed by atoms with Crippen LogP contribution in [0.15, 0.2) is 29.6 Å². The molecule has 0 unspecified atom stereocenters. The quantitative estimate of drug-likeness (QED) is 0.832. The van der Waals surface area contributed by atoms with Gasteiger partial charge in [0.15, 0.2) is 0 Å². The molecule has 8 heteroatoms. The van der Waals surface area contributed by atoms with Crippen LogP contribution in [0.1, 0.15) is 10.5 Å². The van der Waals surface area contributed by atoms with Crippen molar-refractivity contribution in [1.29, 1.82) is 0 Å². The third kappa shape index (κ3) is 4.21. The third-order valence-electron chi connectivity index (χ3n) is 3.90. The number of hydrogen-bond acceptors (Lipinski definition) is 5. The molecular weight excluding hydrogens is 345 g/mol. The van der Waals surface area contributed by atoms with E-state index < -0.39 is 0 Å². The van der Waals surface area contributed by atoms with E-state index in [2.05, 4.69) is 4.98 Å². The van der Waals surface area contributed by atoms with E-state index in [9.17, 15) is 14.0 Å². The minimum Gasteiger partial charge on any atom is -0.378 e. The average Bonchev–Trinajstić information content (AvgIpc) is 3.12. The molecule has 3 rings (SSSR count). The number of carbonyl (C=O) groups excluding carboxylic acids is 2. The molecule has 1 fully saturated rings. The molecule has 1 aliphatic heterocycles. The molecule has 0 radical (unpaired) electrons. The Labute approximate surface area is 148 Å². The second-order valence-corrected chi connectivity index (χ2v) is 6.56. The summed E-state index contributed by atoms with van der Waals surface area (Å²) in [5.74, 6) is -0.739. The van der Waals surface area contributed by atoms with E-state index >= 15 is 0 Å². The highest BCUT2D eigenvalue weighted by Crippen LogP contribution is 2.24. The van der Waals surface area contributed by atoms with Gasteiger partial charge in [-0.05, 0) is 24.3 Å². The second-order valence-electron chi connectivity index (χ2n) is 5.70. The molecule has 0 atom stereocenters. The lowest BCUT2D eigenvalue weighted by Gasteiger charge is -2.28. The maximum atomic E-state index is 13.0. The Morgan fingerprint density at radius 1 is 1.28 bits per heavy atom. The van der Waals surface area contributed by atoms with E-state index in [-0.39, 0.29) is 29.9 Å². The minimum atomic E-state index is -0.321. The van der Waals surface area contributed by atoms with Gasteiger partial charge < -0.3 is 14.5 Å². The van der Waals surface area contributed by atoms with Crippen molar-refractivity contribution in [2.75, 3.05) is 39.9 Å². The highest BCUT2D eigenvalue weighted by atomic mass is 32.1. The van der Waals surface area contributed by atoms with Crippen molar-refractivity contribution in [3.63, 3.8) is 0 Å². The molecule has 1 saturated heterocycles. The van der Waals surface area contributed by atoms with E-state index in [1.54, 1.807) is 29.5 Å². The first kappa shape index (κ1) is 17.5. The van der Waals surface area contributed by atoms with Crippen LogP contribution in [0.5, 0.6) is 0 Å². The molecule has 0 aliphatic carbocycles. The van der Waals surface area contributed by atoms with Crippen molar-refractivity contribution in [2.45, 2.75) is 0 Å². The zero-order valence-corrected chi connectivity index (χ0v) is 14.6. The van der Waals surface area contributed by atoms with Crippen LogP contribution in [0.4, 0.5) is 4.39 Å². The first-order chi connectivity index (χ1) is 12.0. The fraction of sp³-hybridized carbons (Fsp3) is 0.353. The molecule has 1 aliphatic rings. The van der Waals surface area contributed by atoms with Gasteiger partial charge in [-0.2, -0.15) is 0 Å². The van der Waals surface area contributed by atoms with Gasteiger partial charge in [0.2, 0.25) is 5.91 Å². The SMILES string of the molecule is CN(CC(=O)N1CCOCC1)C(=O)c1csc(-c2ccc(F)cc2)n1. The summed E-state index contributed by atoms with van der Waals surface area (Å²) in [5.41, 5.74) is 1.03. The summed E-state index contributed by atoms with van der Waals surface area (Å²) in [7, 11) is 1.58. The van der Waals surface area contributed by atoms with Crippen LogP contribution < -0.4 is 0 Å². The summed E-state index contributed by atoms with van der Waals surface area (Å²) in [4.78, 5) is 32.1. The fourth-order valence-corrected chi connectivity index (χ4v) is 3.28. The van der Waals surface area contributed by atoms with Crippen molar-refractivity contribution in [2.24, 2.45) is 0 Å². The monoisotopic (exact) mass is 363 g/mol. The molecule has 132 valence electrons. The predicted molar refractivity (Wildman–Crippen MR) is 91.9 cm³/mol. The average molecular weight is 363 g/mol. The van der Waals surface area contributed by atoms with Gasteiger partial charge in [-0.3, -0.25) is 9.59 Å². The third-order valence-corrected chi connectivity index (χ3v) is 4.79. The lowest BCUT2D eigenvalue weighted by Crippen LogP contribution is -2.46. The number of benzene rings is 1. The zero-order chi connectivity index (χ0) is 17.8. The van der Waals surface area contributed by atoms with Crippen molar-refractivity contribution in [3.05, 3.63) is 41.2 Å². The Bertz CT molecular complexity index is 757. The minimum absolute atomic E-state index is 0.00222. The van der Waals surface area contributed by atoms with E-state index in [1.807, 2.05) is 0 Å². The Hall–Kier alpha value is -2.32. The maximum absolute atomic E-state index is 13.0. The molecule has 0 bridgehead atoms. The molecule has 2 amide bonds. The molecule has 2 heterocycles. The number of likely N-dealkylation sites (N-methyl/N-ethyl adjacent to an activating group) is 1. The highest BCUT2D eigenvalue weighted by molar-refractivity contribution is 7.13. The number of carbonyl (C=O) groups is 2. The summed E-state index contributed by atoms with van der Waals surface area (Å²) in [5, 5.41) is 2.28. The largest absolute Gasteiger partial charge is 0.378 e. The molecule has 0 saturated carbocycles. The van der Waals surface area contributed by atoms with E-state index in [4.69, 9.17) is 4.74 Å². The number of nitrogens with zero attached hydrogens (tertiary/aromatic N) is 3. The molecule has 0 N–H and O–H groups in total. The number of hydrogen-bond donors (Lipinski definition) is 0. The first-order valence-electron chi connectivity index (χ1n) is 7.87. The zero-order valence-electron chi connectivity index (χ0n) is 13.8. The van der Waals surface area contributed by atoms with Gasteiger partial charge in [-0.1, -0.05) is 0 Å². The van der Waals surface area contributed by atoms with E-state index in [0.717, 1.165) is 5.56 Å². The second kappa shape index (κ2) is 7.71. The Kier molecular flexibility index (Phi) is 5.40. The summed E-state index contributed by atoms with van der Waals surface area (Å²) in [6, 6.07) is 5.94. The number of ether oxygens (including phenoxy) is 1. The lowest BCUT2D eigenvalue weighted by molar-refractivity contribution is -0.135. The van der Waals surface area contributed by atoms with Crippen LogP contribution in [-0.4, -0.2) is 66.5 Å². The maximum Gasteiger partial charge on any atom is 0.273 e. The number of morpholine rings is 1. The van der Waals surface area contributed by atoms with Gasteiger partial charge in [0, 0.05) is 31.1 Å². The number of aromatic nitrogens is 1. The Morgan fingerprint density at radius 2 is 1.96 bits per heavy atom. The number of thiazole rings is 1. The van der Waals surface area contributed by atoms with Gasteiger partial charge in [-0.15, -0.1) is 11.3 Å². The standard InChI is InChI=1S/C17H18FN3O3S/c1-20(10-15(22)21-6-8-24-9-7-21)17(23)14-11-25-16(19-14)12-2-4-13(18)5-3-12/h2-5,11H,6-10H2,1H3. The lowest BCUT2D eigenvalue weighted by atomic mass is 10.2. The summed E-state index contributed by atoms with van der Waals surface area (Å²) in [6.07, 6.45) is 0. The molecule has 25 heavy (non-hydrogen) atoms. The van der Waals surface area contributed by atoms with Crippen molar-refractivity contribution in [3.8, 4) is 10.6 Å². The van der Waals surface area contributed by atoms with Crippen LogP contribution in [0.2, 0.25) is 0 Å². The Balaban J connectivity index is 1.64. The summed E-state index contributed by atoms with van der Waals surface area (Å²) in [6.45, 7) is 2.15. The van der Waals surface area contributed by atoms with Gasteiger partial charge in [0.1, 0.15) is 16.5 Å². The molecule has 6 nitrogen and oxygen atoms in total. The predicted octanol–water partition coefficient (Wildman–Crippen LogP) is 1.88. The smallest absolute Gasteiger partial charge is 0.273 e. The van der Waals surface area contributed by atoms with Crippen LogP contribution in [0.25, 0.3) is 10.6 Å². The van der Waals surface area contributed by atoms with Crippen LogP contribution in [-0.2, 0) is 9.53 Å². The first-order valence-corrected chi connectivity index (χ1v) is 8.75. The van der Waals surface area contributed by atoms with Crippen molar-refractivity contribution in [1.82, 2.24) is 14.8 Å². The molecular formula is C17H18FN3O3S. The highest BCUT2D eigenvalue weighted by Gasteiger charge is 2.22. The summed E-state index contributed by atoms with van der Waals surface area (Å²) >= 11 is 1.31. The topological polar surface area (TPSA) is 62.7 Å². The van der Waals surface area contributed by atoms with Crippen molar-refractivity contribution >= 4 is 23.2 Å². The fourth-order valence-electron chi connectivity index (χ4n) is 2.48. The number of halogens is 1. The van der Waals surface area contributed by atoms with Gasteiger partial charge in [0.25, 0.3) is 5.91 Å². The normalized spacial score (nSPS) is 14.4. The molecule has 2 aromatic rings. The number of rotatable bonds is 4. The van der Waals surface area contributed by atoms with Gasteiger partial charge >= 0.3 is 0 Å². The summed E-state index contributed by atoms with van der Waals surface area (Å²) < 4.78 is 18.2. The van der Waals surface area contributed by atoms with Gasteiger partial charge in [-0.25, -0.2) is 9.37 Å². The van der Waals surface area contributed by atoms with Crippen LogP contribution in [0, 0.1) is 5.82 Å². The molecule has 0 spiro atoms. The van der Waals surface area contributed by atoms with E-state index in [1.165, 1.54) is 28.4 Å². The van der Waals surface area contributed by atoms with Crippen LogP contribution >= 0.6 is 11.3 Å². The Morgan fingerprint density at radius 3 is 2.64 bits per heavy atom. The van der Waals surface area contributed by atoms with Crippen LogP contribution in [0.3, 0.4) is 0 Å². The molecule has 1 aromatic heterocycles. The van der Waals surface area contributed by atoms with E-state index in [0.29, 0.717) is 31.3 Å². The van der Waals surface area contributed by atoms with Crippen molar-refractivity contribution < 1.29 is 18.7 Å². The van der Waals surface area contributed by atoms with Gasteiger partial charge in [0.05, 0.1) is 19.8 Å².